The van der Waals surface area contributed by atoms with Crippen molar-refractivity contribution in [2.24, 2.45) is 0 Å². The fraction of sp³-hybridized carbons (Fsp3) is 0.240. The van der Waals surface area contributed by atoms with Gasteiger partial charge >= 0.3 is 0 Å². The number of carbonyl (C=O) groups is 1. The van der Waals surface area contributed by atoms with Crippen LogP contribution in [0.3, 0.4) is 0 Å². The van der Waals surface area contributed by atoms with E-state index in [2.05, 4.69) is 12.2 Å². The summed E-state index contributed by atoms with van der Waals surface area (Å²) < 4.78 is 11.5. The minimum atomic E-state index is -0.131. The van der Waals surface area contributed by atoms with Crippen LogP contribution in [-0.2, 0) is 0 Å². The molecule has 0 unspecified atom stereocenters. The van der Waals surface area contributed by atoms with Crippen LogP contribution < -0.4 is 14.8 Å². The van der Waals surface area contributed by atoms with Gasteiger partial charge in [0.2, 0.25) is 0 Å². The van der Waals surface area contributed by atoms with Gasteiger partial charge in [-0.2, -0.15) is 0 Å². The minimum absolute atomic E-state index is 0.131. The molecule has 0 atom stereocenters. The summed E-state index contributed by atoms with van der Waals surface area (Å²) in [6.45, 7) is 5.36. The monoisotopic (exact) mass is 389 g/mol. The van der Waals surface area contributed by atoms with Crippen LogP contribution in [0.1, 0.15) is 34.3 Å². The number of hydrogen-bond donors (Lipinski definition) is 1. The van der Waals surface area contributed by atoms with E-state index in [1.54, 1.807) is 12.1 Å². The first-order valence-electron chi connectivity index (χ1n) is 9.90. The minimum Gasteiger partial charge on any atom is -0.494 e. The maximum Gasteiger partial charge on any atom is 0.255 e. The summed E-state index contributed by atoms with van der Waals surface area (Å²) in [5.74, 6) is 1.53. The number of nitrogens with one attached hydrogen (secondary N) is 1. The van der Waals surface area contributed by atoms with Crippen molar-refractivity contribution in [2.75, 3.05) is 18.5 Å². The number of ether oxygens (including phenoxy) is 2. The lowest BCUT2D eigenvalue weighted by Gasteiger charge is -2.09. The number of carbonyl (C=O) groups excluding carboxylic acids is 1. The van der Waals surface area contributed by atoms with Crippen molar-refractivity contribution in [3.8, 4) is 11.5 Å². The van der Waals surface area contributed by atoms with Crippen LogP contribution in [0.4, 0.5) is 5.69 Å². The van der Waals surface area contributed by atoms with Crippen molar-refractivity contribution in [2.45, 2.75) is 26.7 Å². The van der Waals surface area contributed by atoms with Gasteiger partial charge in [-0.15, -0.1) is 0 Å². The highest BCUT2D eigenvalue weighted by Gasteiger charge is 2.06. The average Bonchev–Trinajstić information content (AvgIpc) is 2.74. The van der Waals surface area contributed by atoms with Crippen molar-refractivity contribution in [3.05, 3.63) is 89.5 Å². The summed E-state index contributed by atoms with van der Waals surface area (Å²) in [5.41, 5.74) is 3.77. The lowest BCUT2D eigenvalue weighted by Crippen LogP contribution is -2.11. The van der Waals surface area contributed by atoms with Gasteiger partial charge in [-0.25, -0.2) is 0 Å². The lowest BCUT2D eigenvalue weighted by atomic mass is 10.2. The van der Waals surface area contributed by atoms with Gasteiger partial charge in [-0.3, -0.25) is 4.79 Å². The first kappa shape index (κ1) is 20.5. The van der Waals surface area contributed by atoms with Gasteiger partial charge in [0.1, 0.15) is 11.5 Å². The molecule has 4 nitrogen and oxygen atoms in total. The van der Waals surface area contributed by atoms with E-state index in [-0.39, 0.29) is 5.91 Å². The molecule has 3 aromatic carbocycles. The first-order chi connectivity index (χ1) is 14.1. The van der Waals surface area contributed by atoms with E-state index in [1.807, 2.05) is 67.6 Å². The second-order valence-corrected chi connectivity index (χ2v) is 7.06. The zero-order chi connectivity index (χ0) is 20.5. The molecule has 4 heteroatoms. The van der Waals surface area contributed by atoms with Crippen molar-refractivity contribution < 1.29 is 14.3 Å². The van der Waals surface area contributed by atoms with Gasteiger partial charge < -0.3 is 14.8 Å². The standard InChI is InChI=1S/C25H27NO3/c1-19-5-11-22(12-6-19)26-25(27)21-9-15-24(16-10-21)29-18-4-3-17-28-23-13-7-20(2)8-14-23/h5-16H,3-4,17-18H2,1-2H3,(H,26,27). The lowest BCUT2D eigenvalue weighted by molar-refractivity contribution is 0.102. The Kier molecular flexibility index (Phi) is 7.28. The Balaban J connectivity index is 1.36. The third-order valence-corrected chi connectivity index (χ3v) is 4.52. The Hall–Kier alpha value is -3.27. The van der Waals surface area contributed by atoms with E-state index in [4.69, 9.17) is 9.47 Å². The molecular formula is C25H27NO3. The molecule has 150 valence electrons. The van der Waals surface area contributed by atoms with Crippen LogP contribution in [0.2, 0.25) is 0 Å². The number of amides is 1. The van der Waals surface area contributed by atoms with E-state index in [9.17, 15) is 4.79 Å². The number of unbranched alkanes of at least 4 members (excludes halogenated alkanes) is 1. The van der Waals surface area contributed by atoms with Gasteiger partial charge in [0.15, 0.2) is 0 Å². The molecule has 0 aliphatic rings. The number of benzene rings is 3. The number of aryl methyl sites for hydroxylation is 2. The summed E-state index contributed by atoms with van der Waals surface area (Å²) in [6.07, 6.45) is 1.83. The third-order valence-electron chi connectivity index (χ3n) is 4.52. The topological polar surface area (TPSA) is 47.6 Å². The molecule has 0 aliphatic carbocycles. The number of rotatable bonds is 9. The molecule has 0 saturated carbocycles. The summed E-state index contributed by atoms with van der Waals surface area (Å²) in [5, 5.41) is 2.89. The van der Waals surface area contributed by atoms with Crippen molar-refractivity contribution in [3.63, 3.8) is 0 Å². The Morgan fingerprint density at radius 1 is 0.690 bits per heavy atom. The fourth-order valence-electron chi connectivity index (χ4n) is 2.76. The van der Waals surface area contributed by atoms with Crippen molar-refractivity contribution >= 4 is 11.6 Å². The number of anilines is 1. The second-order valence-electron chi connectivity index (χ2n) is 7.06. The molecule has 1 amide bonds. The molecule has 3 rings (SSSR count). The molecule has 0 radical (unpaired) electrons. The molecule has 3 aromatic rings. The smallest absolute Gasteiger partial charge is 0.255 e. The van der Waals surface area contributed by atoms with Crippen LogP contribution in [0.25, 0.3) is 0 Å². The molecule has 29 heavy (non-hydrogen) atoms. The van der Waals surface area contributed by atoms with Crippen LogP contribution in [0, 0.1) is 13.8 Å². The van der Waals surface area contributed by atoms with Gasteiger partial charge in [0, 0.05) is 11.3 Å². The maximum absolute atomic E-state index is 12.3. The zero-order valence-corrected chi connectivity index (χ0v) is 17.0. The van der Waals surface area contributed by atoms with E-state index >= 15 is 0 Å². The zero-order valence-electron chi connectivity index (χ0n) is 17.0. The quantitative estimate of drug-likeness (QED) is 0.471. The molecule has 0 fully saturated rings. The summed E-state index contributed by atoms with van der Waals surface area (Å²) in [7, 11) is 0. The molecule has 0 spiro atoms. The van der Waals surface area contributed by atoms with Crippen LogP contribution in [-0.4, -0.2) is 19.1 Å². The summed E-state index contributed by atoms with van der Waals surface area (Å²) >= 11 is 0. The summed E-state index contributed by atoms with van der Waals surface area (Å²) in [4.78, 5) is 12.3. The van der Waals surface area contributed by atoms with Crippen molar-refractivity contribution in [1.82, 2.24) is 0 Å². The molecular weight excluding hydrogens is 362 g/mol. The highest BCUT2D eigenvalue weighted by molar-refractivity contribution is 6.04. The molecule has 0 heterocycles. The Morgan fingerprint density at radius 2 is 1.14 bits per heavy atom. The van der Waals surface area contributed by atoms with Gasteiger partial charge in [0.25, 0.3) is 5.91 Å². The molecule has 0 bridgehead atoms. The predicted molar refractivity (Wildman–Crippen MR) is 117 cm³/mol. The van der Waals surface area contributed by atoms with Crippen LogP contribution in [0.5, 0.6) is 11.5 Å². The van der Waals surface area contributed by atoms with Crippen LogP contribution in [0.15, 0.2) is 72.8 Å². The average molecular weight is 389 g/mol. The van der Waals surface area contributed by atoms with E-state index in [0.29, 0.717) is 18.8 Å². The predicted octanol–water partition coefficient (Wildman–Crippen LogP) is 5.79. The third kappa shape index (κ3) is 6.68. The Bertz CT molecular complexity index is 900. The van der Waals surface area contributed by atoms with Gasteiger partial charge in [-0.1, -0.05) is 35.4 Å². The Morgan fingerprint density at radius 3 is 1.66 bits per heavy atom. The Labute approximate surface area is 172 Å². The largest absolute Gasteiger partial charge is 0.494 e. The molecule has 1 N–H and O–H groups in total. The molecule has 0 aliphatic heterocycles. The molecule has 0 saturated heterocycles. The SMILES string of the molecule is Cc1ccc(NC(=O)c2ccc(OCCCCOc3ccc(C)cc3)cc2)cc1. The highest BCUT2D eigenvalue weighted by Crippen LogP contribution is 2.16. The van der Waals surface area contributed by atoms with Gasteiger partial charge in [0.05, 0.1) is 13.2 Å². The maximum atomic E-state index is 12.3. The number of hydrogen-bond acceptors (Lipinski definition) is 3. The summed E-state index contributed by atoms with van der Waals surface area (Å²) in [6, 6.07) is 23.0. The second kappa shape index (κ2) is 10.3. The van der Waals surface area contributed by atoms with Crippen LogP contribution >= 0.6 is 0 Å². The first-order valence-corrected chi connectivity index (χ1v) is 9.90. The normalized spacial score (nSPS) is 10.4. The van der Waals surface area contributed by atoms with E-state index in [0.717, 1.165) is 35.6 Å². The highest BCUT2D eigenvalue weighted by atomic mass is 16.5. The molecule has 0 aromatic heterocycles. The van der Waals surface area contributed by atoms with Crippen molar-refractivity contribution in [1.29, 1.82) is 0 Å². The van der Waals surface area contributed by atoms with E-state index in [1.165, 1.54) is 5.56 Å². The van der Waals surface area contributed by atoms with E-state index < -0.39 is 0 Å². The fourth-order valence-corrected chi connectivity index (χ4v) is 2.76. The van der Waals surface area contributed by atoms with Gasteiger partial charge in [-0.05, 0) is 75.2 Å².